The standard InChI is InChI=1S/C31H28BrN3O4/c1-20-17-26(32)27(18-21(20)2)33-30(36)28(19-22-13-15-25(16-14-22)35(38)39)34-31(37)29(23-9-5-3-6-10-23)24-11-7-4-8-12-24/h3-18,28-29H,19H2,1-2H3,(H,33,36)(H,34,37)/t28-/m0/s1. The molecule has 2 N–H and O–H groups in total. The van der Waals surface area contributed by atoms with Crippen molar-refractivity contribution in [2.75, 3.05) is 5.32 Å². The highest BCUT2D eigenvalue weighted by molar-refractivity contribution is 9.10. The molecule has 0 heterocycles. The molecule has 198 valence electrons. The van der Waals surface area contributed by atoms with Gasteiger partial charge in [-0.3, -0.25) is 19.7 Å². The highest BCUT2D eigenvalue weighted by atomic mass is 79.9. The maximum atomic E-state index is 13.8. The average molecular weight is 586 g/mol. The quantitative estimate of drug-likeness (QED) is 0.173. The molecular weight excluding hydrogens is 558 g/mol. The lowest BCUT2D eigenvalue weighted by atomic mass is 9.90. The molecule has 8 heteroatoms. The molecule has 0 radical (unpaired) electrons. The second-order valence-electron chi connectivity index (χ2n) is 9.35. The minimum absolute atomic E-state index is 0.0453. The van der Waals surface area contributed by atoms with Crippen molar-refractivity contribution in [2.24, 2.45) is 0 Å². The molecular formula is C31H28BrN3O4. The summed E-state index contributed by atoms with van der Waals surface area (Å²) in [5.74, 6) is -1.35. The number of nitro groups is 1. The predicted molar refractivity (Wildman–Crippen MR) is 156 cm³/mol. The third-order valence-electron chi connectivity index (χ3n) is 6.59. The predicted octanol–water partition coefficient (Wildman–Crippen LogP) is 6.47. The minimum atomic E-state index is -0.942. The Labute approximate surface area is 235 Å². The number of aryl methyl sites for hydroxylation is 2. The highest BCUT2D eigenvalue weighted by Gasteiger charge is 2.28. The minimum Gasteiger partial charge on any atom is -0.343 e. The average Bonchev–Trinajstić information content (AvgIpc) is 2.93. The van der Waals surface area contributed by atoms with Crippen LogP contribution in [0.15, 0.2) is 102 Å². The van der Waals surface area contributed by atoms with Gasteiger partial charge in [-0.05, 0) is 69.7 Å². The summed E-state index contributed by atoms with van der Waals surface area (Å²) in [6, 6.07) is 27.6. The summed E-state index contributed by atoms with van der Waals surface area (Å²) in [5, 5.41) is 17.0. The zero-order chi connectivity index (χ0) is 27.9. The van der Waals surface area contributed by atoms with E-state index in [1.807, 2.05) is 86.6 Å². The highest BCUT2D eigenvalue weighted by Crippen LogP contribution is 2.28. The Morgan fingerprint density at radius 3 is 1.90 bits per heavy atom. The van der Waals surface area contributed by atoms with Gasteiger partial charge in [-0.2, -0.15) is 0 Å². The Morgan fingerprint density at radius 1 is 0.821 bits per heavy atom. The number of carbonyl (C=O) groups excluding carboxylic acids is 2. The topological polar surface area (TPSA) is 101 Å². The van der Waals surface area contributed by atoms with E-state index in [1.54, 1.807) is 12.1 Å². The molecule has 0 unspecified atom stereocenters. The molecule has 1 atom stereocenters. The van der Waals surface area contributed by atoms with Gasteiger partial charge in [-0.1, -0.05) is 72.8 Å². The van der Waals surface area contributed by atoms with Crippen LogP contribution < -0.4 is 10.6 Å². The van der Waals surface area contributed by atoms with Crippen LogP contribution in [0.25, 0.3) is 0 Å². The molecule has 39 heavy (non-hydrogen) atoms. The normalized spacial score (nSPS) is 11.6. The van der Waals surface area contributed by atoms with Crippen molar-refractivity contribution in [3.05, 3.63) is 139 Å². The Balaban J connectivity index is 1.66. The van der Waals surface area contributed by atoms with E-state index in [2.05, 4.69) is 26.6 Å². The van der Waals surface area contributed by atoms with E-state index in [0.717, 1.165) is 26.7 Å². The van der Waals surface area contributed by atoms with E-state index < -0.39 is 22.8 Å². The van der Waals surface area contributed by atoms with E-state index in [0.29, 0.717) is 11.3 Å². The first-order valence-electron chi connectivity index (χ1n) is 12.4. The van der Waals surface area contributed by atoms with E-state index in [4.69, 9.17) is 0 Å². The van der Waals surface area contributed by atoms with Crippen LogP contribution in [-0.2, 0) is 16.0 Å². The molecule has 4 aromatic rings. The number of nitrogens with one attached hydrogen (secondary N) is 2. The van der Waals surface area contributed by atoms with E-state index in [9.17, 15) is 19.7 Å². The molecule has 4 rings (SSSR count). The molecule has 0 spiro atoms. The van der Waals surface area contributed by atoms with E-state index >= 15 is 0 Å². The first-order chi connectivity index (χ1) is 18.7. The van der Waals surface area contributed by atoms with Gasteiger partial charge in [0.25, 0.3) is 5.69 Å². The van der Waals surface area contributed by atoms with Crippen molar-refractivity contribution in [1.29, 1.82) is 0 Å². The van der Waals surface area contributed by atoms with E-state index in [1.165, 1.54) is 12.1 Å². The van der Waals surface area contributed by atoms with Gasteiger partial charge >= 0.3 is 0 Å². The molecule has 0 aliphatic heterocycles. The van der Waals surface area contributed by atoms with Gasteiger partial charge in [0, 0.05) is 23.0 Å². The summed E-state index contributed by atoms with van der Waals surface area (Å²) < 4.78 is 0.728. The number of nitro benzene ring substituents is 1. The van der Waals surface area contributed by atoms with Gasteiger partial charge in [-0.25, -0.2) is 0 Å². The van der Waals surface area contributed by atoms with Crippen molar-refractivity contribution >= 4 is 39.1 Å². The number of amides is 2. The SMILES string of the molecule is Cc1cc(Br)c(NC(=O)[C@H](Cc2ccc([N+](=O)[O-])cc2)NC(=O)C(c2ccccc2)c2ccccc2)cc1C. The summed E-state index contributed by atoms with van der Waals surface area (Å²) in [6.45, 7) is 3.94. The number of hydrogen-bond donors (Lipinski definition) is 2. The molecule has 0 saturated heterocycles. The van der Waals surface area contributed by atoms with Crippen LogP contribution in [0, 0.1) is 24.0 Å². The number of benzene rings is 4. The van der Waals surface area contributed by atoms with Crippen LogP contribution in [0.5, 0.6) is 0 Å². The lowest BCUT2D eigenvalue weighted by molar-refractivity contribution is -0.384. The van der Waals surface area contributed by atoms with Crippen molar-refractivity contribution in [3.63, 3.8) is 0 Å². The third-order valence-corrected chi connectivity index (χ3v) is 7.25. The van der Waals surface area contributed by atoms with E-state index in [-0.39, 0.29) is 18.0 Å². The number of rotatable bonds is 9. The summed E-state index contributed by atoms with van der Waals surface area (Å²) in [6.07, 6.45) is 0.147. The molecule has 0 saturated carbocycles. The van der Waals surface area contributed by atoms with Gasteiger partial charge in [0.15, 0.2) is 0 Å². The first-order valence-corrected chi connectivity index (χ1v) is 13.2. The lowest BCUT2D eigenvalue weighted by Crippen LogP contribution is -2.47. The summed E-state index contributed by atoms with van der Waals surface area (Å²) >= 11 is 3.52. The fraction of sp³-hybridized carbons (Fsp3) is 0.161. The Hall–Kier alpha value is -4.30. The fourth-order valence-corrected chi connectivity index (χ4v) is 4.89. The molecule has 0 aliphatic rings. The van der Waals surface area contributed by atoms with Gasteiger partial charge in [0.05, 0.1) is 16.5 Å². The molecule has 0 bridgehead atoms. The van der Waals surface area contributed by atoms with Crippen LogP contribution in [0.2, 0.25) is 0 Å². The monoisotopic (exact) mass is 585 g/mol. The molecule has 4 aromatic carbocycles. The second-order valence-corrected chi connectivity index (χ2v) is 10.2. The zero-order valence-corrected chi connectivity index (χ0v) is 23.1. The van der Waals surface area contributed by atoms with Gasteiger partial charge in [-0.15, -0.1) is 0 Å². The summed E-state index contributed by atoms with van der Waals surface area (Å²) in [5.41, 5.74) is 4.91. The van der Waals surface area contributed by atoms with Crippen LogP contribution in [0.4, 0.5) is 11.4 Å². The molecule has 0 fully saturated rings. The number of anilines is 1. The molecule has 2 amide bonds. The molecule has 0 aliphatic carbocycles. The summed E-state index contributed by atoms with van der Waals surface area (Å²) in [7, 11) is 0. The molecule has 7 nitrogen and oxygen atoms in total. The van der Waals surface area contributed by atoms with Crippen LogP contribution in [0.1, 0.15) is 33.7 Å². The number of carbonyl (C=O) groups is 2. The number of hydrogen-bond acceptors (Lipinski definition) is 4. The largest absolute Gasteiger partial charge is 0.343 e. The number of nitrogens with zero attached hydrogens (tertiary/aromatic N) is 1. The van der Waals surface area contributed by atoms with Crippen molar-refractivity contribution in [2.45, 2.75) is 32.2 Å². The van der Waals surface area contributed by atoms with Gasteiger partial charge < -0.3 is 10.6 Å². The fourth-order valence-electron chi connectivity index (χ4n) is 4.34. The van der Waals surface area contributed by atoms with Crippen LogP contribution >= 0.6 is 15.9 Å². The van der Waals surface area contributed by atoms with Crippen molar-refractivity contribution in [1.82, 2.24) is 5.32 Å². The number of halogens is 1. The smallest absolute Gasteiger partial charge is 0.269 e. The number of non-ortho nitro benzene ring substituents is 1. The first kappa shape index (κ1) is 27.7. The lowest BCUT2D eigenvalue weighted by Gasteiger charge is -2.24. The van der Waals surface area contributed by atoms with Crippen LogP contribution in [0.3, 0.4) is 0 Å². The third kappa shape index (κ3) is 6.97. The maximum absolute atomic E-state index is 13.8. The maximum Gasteiger partial charge on any atom is 0.269 e. The van der Waals surface area contributed by atoms with Gasteiger partial charge in [0.2, 0.25) is 11.8 Å². The second kappa shape index (κ2) is 12.5. The van der Waals surface area contributed by atoms with Crippen molar-refractivity contribution < 1.29 is 14.5 Å². The van der Waals surface area contributed by atoms with Crippen molar-refractivity contribution in [3.8, 4) is 0 Å². The summed E-state index contributed by atoms with van der Waals surface area (Å²) in [4.78, 5) is 38.1. The molecule has 0 aromatic heterocycles. The van der Waals surface area contributed by atoms with Crippen LogP contribution in [-0.4, -0.2) is 22.8 Å². The Kier molecular flexibility index (Phi) is 8.88. The zero-order valence-electron chi connectivity index (χ0n) is 21.6. The Morgan fingerprint density at radius 2 is 1.36 bits per heavy atom. The Bertz CT molecular complexity index is 1440. The van der Waals surface area contributed by atoms with Gasteiger partial charge in [0.1, 0.15) is 6.04 Å².